The third-order valence-corrected chi connectivity index (χ3v) is 6.45. The molecule has 0 N–H and O–H groups in total. The van der Waals surface area contributed by atoms with Crippen LogP contribution < -0.4 is 9.04 Å². The van der Waals surface area contributed by atoms with Crippen molar-refractivity contribution < 1.29 is 26.3 Å². The van der Waals surface area contributed by atoms with Crippen molar-refractivity contribution in [3.8, 4) is 11.8 Å². The largest absolute Gasteiger partial charge is 0.486 e. The zero-order valence-electron chi connectivity index (χ0n) is 14.3. The van der Waals surface area contributed by atoms with E-state index in [-0.39, 0.29) is 24.4 Å². The van der Waals surface area contributed by atoms with E-state index in [1.54, 1.807) is 12.1 Å². The predicted octanol–water partition coefficient (Wildman–Crippen LogP) is 4.73. The first-order valence-corrected chi connectivity index (χ1v) is 10.4. The Morgan fingerprint density at radius 3 is 2.68 bits per heavy atom. The minimum Gasteiger partial charge on any atom is -0.486 e. The van der Waals surface area contributed by atoms with Crippen molar-refractivity contribution in [3.05, 3.63) is 52.5 Å². The molecule has 10 heteroatoms. The number of hydrogen-bond donors (Lipinski definition) is 0. The van der Waals surface area contributed by atoms with Crippen molar-refractivity contribution in [3.63, 3.8) is 0 Å². The highest BCUT2D eigenvalue weighted by atomic mass is 79.9. The van der Waals surface area contributed by atoms with Gasteiger partial charge in [0, 0.05) is 10.9 Å². The fraction of sp³-hybridized carbons (Fsp3) is 0.278. The van der Waals surface area contributed by atoms with Crippen molar-refractivity contribution in [1.82, 2.24) is 0 Å². The van der Waals surface area contributed by atoms with Crippen LogP contribution in [-0.2, 0) is 16.2 Å². The van der Waals surface area contributed by atoms with E-state index in [0.717, 1.165) is 22.5 Å². The average molecular weight is 475 g/mol. The number of sulfonamides is 1. The highest BCUT2D eigenvalue weighted by molar-refractivity contribution is 9.10. The van der Waals surface area contributed by atoms with Crippen LogP contribution in [0, 0.1) is 11.3 Å². The number of alkyl halides is 3. The molecule has 0 aliphatic carbocycles. The molecule has 1 aliphatic rings. The van der Waals surface area contributed by atoms with Gasteiger partial charge in [-0.3, -0.25) is 4.31 Å². The van der Waals surface area contributed by atoms with Crippen LogP contribution in [0.15, 0.2) is 51.8 Å². The first kappa shape index (κ1) is 20.5. The van der Waals surface area contributed by atoms with Gasteiger partial charge >= 0.3 is 6.18 Å². The summed E-state index contributed by atoms with van der Waals surface area (Å²) in [4.78, 5) is -0.464. The van der Waals surface area contributed by atoms with Gasteiger partial charge in [0.1, 0.15) is 11.9 Å². The maximum atomic E-state index is 13.2. The number of fused-ring (bicyclic) bond motifs is 1. The zero-order valence-corrected chi connectivity index (χ0v) is 16.7. The summed E-state index contributed by atoms with van der Waals surface area (Å²) in [5, 5.41) is 8.79. The van der Waals surface area contributed by atoms with Crippen LogP contribution in [0.5, 0.6) is 5.75 Å². The van der Waals surface area contributed by atoms with E-state index < -0.39 is 32.8 Å². The normalized spacial score (nSPS) is 16.8. The number of hydrogen-bond acceptors (Lipinski definition) is 4. The number of halogens is 4. The Labute approximate surface area is 168 Å². The summed E-state index contributed by atoms with van der Waals surface area (Å²) in [6.07, 6.45) is -4.80. The molecule has 0 saturated carbocycles. The standard InChI is InChI=1S/C18H14BrF3N2O3S/c19-13-6-7-17-16(10-13)24(11-14(27-17)4-2-8-23)28(25,26)15-5-1-3-12(9-15)18(20,21)22/h1,3,5-7,9-10,14H,2,4,11H2. The minimum atomic E-state index is -4.66. The molecule has 1 atom stereocenters. The summed E-state index contributed by atoms with van der Waals surface area (Å²) >= 11 is 3.27. The van der Waals surface area contributed by atoms with Gasteiger partial charge in [-0.2, -0.15) is 18.4 Å². The van der Waals surface area contributed by atoms with Gasteiger partial charge in [-0.15, -0.1) is 0 Å². The molecule has 0 radical (unpaired) electrons. The van der Waals surface area contributed by atoms with E-state index in [2.05, 4.69) is 15.9 Å². The molecule has 3 rings (SSSR count). The number of nitriles is 1. The maximum Gasteiger partial charge on any atom is 0.416 e. The Morgan fingerprint density at radius 1 is 1.25 bits per heavy atom. The summed E-state index contributed by atoms with van der Waals surface area (Å²) in [6.45, 7) is -0.107. The summed E-state index contributed by atoms with van der Waals surface area (Å²) < 4.78 is 72.8. The Bertz CT molecular complexity index is 1040. The lowest BCUT2D eigenvalue weighted by atomic mass is 10.1. The van der Waals surface area contributed by atoms with E-state index in [1.165, 1.54) is 6.07 Å². The Hall–Kier alpha value is -2.25. The number of nitrogens with zero attached hydrogens (tertiary/aromatic N) is 2. The van der Waals surface area contributed by atoms with Gasteiger partial charge in [0.25, 0.3) is 10.0 Å². The average Bonchev–Trinajstić information content (AvgIpc) is 2.65. The molecule has 0 bridgehead atoms. The van der Waals surface area contributed by atoms with Gasteiger partial charge in [-0.05, 0) is 42.8 Å². The van der Waals surface area contributed by atoms with Gasteiger partial charge in [-0.25, -0.2) is 8.42 Å². The first-order valence-electron chi connectivity index (χ1n) is 8.16. The smallest absolute Gasteiger partial charge is 0.416 e. The Morgan fingerprint density at radius 2 is 2.00 bits per heavy atom. The summed E-state index contributed by atoms with van der Waals surface area (Å²) in [5.74, 6) is 0.285. The van der Waals surface area contributed by atoms with Gasteiger partial charge in [0.05, 0.1) is 28.8 Å². The quantitative estimate of drug-likeness (QED) is 0.642. The van der Waals surface area contributed by atoms with Crippen LogP contribution in [-0.4, -0.2) is 21.1 Å². The second kappa shape index (κ2) is 7.64. The monoisotopic (exact) mass is 474 g/mol. The molecular weight excluding hydrogens is 461 g/mol. The van der Waals surface area contributed by atoms with E-state index in [4.69, 9.17) is 10.00 Å². The lowest BCUT2D eigenvalue weighted by Gasteiger charge is -2.35. The minimum absolute atomic E-state index is 0.107. The van der Waals surface area contributed by atoms with Crippen molar-refractivity contribution in [2.24, 2.45) is 0 Å². The van der Waals surface area contributed by atoms with Crippen LogP contribution >= 0.6 is 15.9 Å². The molecule has 5 nitrogen and oxygen atoms in total. The molecule has 0 spiro atoms. The molecule has 148 valence electrons. The van der Waals surface area contributed by atoms with Crippen LogP contribution in [0.4, 0.5) is 18.9 Å². The Kier molecular flexibility index (Phi) is 5.59. The van der Waals surface area contributed by atoms with Crippen LogP contribution in [0.3, 0.4) is 0 Å². The lowest BCUT2D eigenvalue weighted by Crippen LogP contribution is -2.43. The maximum absolute atomic E-state index is 13.2. The second-order valence-corrected chi connectivity index (χ2v) is 8.89. The first-order chi connectivity index (χ1) is 13.1. The molecule has 1 unspecified atom stereocenters. The van der Waals surface area contributed by atoms with Crippen molar-refractivity contribution >= 4 is 31.6 Å². The fourth-order valence-corrected chi connectivity index (χ4v) is 4.74. The zero-order chi connectivity index (χ0) is 20.5. The molecule has 0 fully saturated rings. The highest BCUT2D eigenvalue weighted by Gasteiger charge is 2.36. The summed E-state index contributed by atoms with van der Waals surface area (Å²) in [5.41, 5.74) is -0.822. The number of rotatable bonds is 4. The summed E-state index contributed by atoms with van der Waals surface area (Å²) in [7, 11) is -4.28. The molecule has 2 aromatic carbocycles. The van der Waals surface area contributed by atoms with Crippen LogP contribution in [0.25, 0.3) is 0 Å². The van der Waals surface area contributed by atoms with Gasteiger partial charge in [0.2, 0.25) is 0 Å². The number of benzene rings is 2. The highest BCUT2D eigenvalue weighted by Crippen LogP contribution is 2.40. The van der Waals surface area contributed by atoms with Gasteiger partial charge < -0.3 is 4.74 Å². The fourth-order valence-electron chi connectivity index (χ4n) is 2.85. The molecule has 0 saturated heterocycles. The predicted molar refractivity (Wildman–Crippen MR) is 99.4 cm³/mol. The molecule has 1 heterocycles. The van der Waals surface area contributed by atoms with Crippen LogP contribution in [0.1, 0.15) is 18.4 Å². The van der Waals surface area contributed by atoms with E-state index in [9.17, 15) is 21.6 Å². The molecule has 1 aliphatic heterocycles. The van der Waals surface area contributed by atoms with E-state index in [0.29, 0.717) is 17.0 Å². The molecule has 0 amide bonds. The molecule has 0 aromatic heterocycles. The van der Waals surface area contributed by atoms with Crippen molar-refractivity contribution in [2.45, 2.75) is 30.0 Å². The molecular formula is C18H14BrF3N2O3S. The summed E-state index contributed by atoms with van der Waals surface area (Å²) in [6, 6.07) is 10.4. The van der Waals surface area contributed by atoms with Gasteiger partial charge in [-0.1, -0.05) is 22.0 Å². The number of ether oxygens (including phenoxy) is 1. The molecule has 2 aromatic rings. The second-order valence-electron chi connectivity index (χ2n) is 6.11. The van der Waals surface area contributed by atoms with Gasteiger partial charge in [0.15, 0.2) is 0 Å². The third kappa shape index (κ3) is 4.10. The van der Waals surface area contributed by atoms with Crippen LogP contribution in [0.2, 0.25) is 0 Å². The third-order valence-electron chi connectivity index (χ3n) is 4.18. The molecule has 28 heavy (non-hydrogen) atoms. The topological polar surface area (TPSA) is 70.4 Å². The van der Waals surface area contributed by atoms with E-state index in [1.807, 2.05) is 6.07 Å². The Balaban J connectivity index is 2.07. The van der Waals surface area contributed by atoms with E-state index >= 15 is 0 Å². The lowest BCUT2D eigenvalue weighted by molar-refractivity contribution is -0.137. The SMILES string of the molecule is N#CCCC1CN(S(=O)(=O)c2cccc(C(F)(F)F)c2)c2cc(Br)ccc2O1. The number of anilines is 1. The van der Waals surface area contributed by atoms with Crippen molar-refractivity contribution in [1.29, 1.82) is 5.26 Å². The van der Waals surface area contributed by atoms with Crippen molar-refractivity contribution in [2.75, 3.05) is 10.8 Å².